The number of piperidine rings is 1. The van der Waals surface area contributed by atoms with Crippen LogP contribution in [0.1, 0.15) is 32.1 Å². The maximum atomic E-state index is 11.3. The smallest absolute Gasteiger partial charge is 0.223 e. The van der Waals surface area contributed by atoms with Gasteiger partial charge in [0.25, 0.3) is 0 Å². The summed E-state index contributed by atoms with van der Waals surface area (Å²) in [6.07, 6.45) is 6.25. The molecule has 1 amide bonds. The molecule has 0 radical (unpaired) electrons. The molecule has 0 atom stereocenters. The van der Waals surface area contributed by atoms with Crippen LogP contribution in [0.3, 0.4) is 0 Å². The number of hydrogen-bond acceptors (Lipinski definition) is 2. The van der Waals surface area contributed by atoms with Crippen molar-refractivity contribution in [1.82, 2.24) is 10.2 Å². The minimum absolute atomic E-state index is 0.280. The molecule has 1 aliphatic carbocycles. The van der Waals surface area contributed by atoms with Crippen LogP contribution < -0.4 is 5.32 Å². The van der Waals surface area contributed by atoms with Crippen molar-refractivity contribution in [3.63, 3.8) is 0 Å². The van der Waals surface area contributed by atoms with Crippen molar-refractivity contribution in [2.45, 2.75) is 32.1 Å². The Hall–Kier alpha value is -0.570. The lowest BCUT2D eigenvalue weighted by Crippen LogP contribution is -2.38. The summed E-state index contributed by atoms with van der Waals surface area (Å²) in [5.74, 6) is 0.637. The highest BCUT2D eigenvalue weighted by Gasteiger charge is 2.29. The number of carbonyl (C=O) groups is 1. The van der Waals surface area contributed by atoms with Gasteiger partial charge in [0.15, 0.2) is 0 Å². The first-order valence-electron chi connectivity index (χ1n) is 5.86. The number of carbonyl (C=O) groups excluding carboxylic acids is 1. The summed E-state index contributed by atoms with van der Waals surface area (Å²) in [6, 6.07) is 0. The van der Waals surface area contributed by atoms with Gasteiger partial charge >= 0.3 is 0 Å². The van der Waals surface area contributed by atoms with E-state index in [0.29, 0.717) is 5.92 Å². The standard InChI is InChI=1S/C11H20N2O/c14-11(10-4-5-10)12-6-9-13-7-2-1-3-8-13/h10H,1-9H2,(H,12,14). The van der Waals surface area contributed by atoms with Gasteiger partial charge in [0.2, 0.25) is 5.91 Å². The second kappa shape index (κ2) is 4.78. The van der Waals surface area contributed by atoms with Gasteiger partial charge in [-0.2, -0.15) is 0 Å². The largest absolute Gasteiger partial charge is 0.355 e. The summed E-state index contributed by atoms with van der Waals surface area (Å²) in [4.78, 5) is 13.8. The Morgan fingerprint density at radius 3 is 2.57 bits per heavy atom. The average Bonchev–Trinajstić information content (AvgIpc) is 3.02. The van der Waals surface area contributed by atoms with E-state index in [4.69, 9.17) is 0 Å². The summed E-state index contributed by atoms with van der Waals surface area (Å²) >= 11 is 0. The number of rotatable bonds is 4. The Bertz CT molecular complexity index is 195. The predicted octanol–water partition coefficient (Wildman–Crippen LogP) is 0.998. The highest BCUT2D eigenvalue weighted by Crippen LogP contribution is 2.28. The molecule has 2 aliphatic rings. The third-order valence-electron chi connectivity index (χ3n) is 3.12. The van der Waals surface area contributed by atoms with E-state index in [9.17, 15) is 4.79 Å². The van der Waals surface area contributed by atoms with Crippen LogP contribution in [0.15, 0.2) is 0 Å². The number of likely N-dealkylation sites (tertiary alicyclic amines) is 1. The molecule has 1 N–H and O–H groups in total. The van der Waals surface area contributed by atoms with Crippen molar-refractivity contribution in [2.24, 2.45) is 5.92 Å². The molecule has 1 aliphatic heterocycles. The van der Waals surface area contributed by atoms with Crippen molar-refractivity contribution >= 4 is 5.91 Å². The van der Waals surface area contributed by atoms with Gasteiger partial charge in [-0.25, -0.2) is 0 Å². The highest BCUT2D eigenvalue weighted by molar-refractivity contribution is 5.80. The van der Waals surface area contributed by atoms with Gasteiger partial charge in [-0.15, -0.1) is 0 Å². The maximum absolute atomic E-state index is 11.3. The van der Waals surface area contributed by atoms with Crippen LogP contribution in [-0.2, 0) is 4.79 Å². The molecule has 14 heavy (non-hydrogen) atoms. The summed E-state index contributed by atoms with van der Waals surface area (Å²) in [6.45, 7) is 4.33. The fourth-order valence-corrected chi connectivity index (χ4v) is 2.01. The minimum atomic E-state index is 0.280. The van der Waals surface area contributed by atoms with Crippen LogP contribution in [0, 0.1) is 5.92 Å². The summed E-state index contributed by atoms with van der Waals surface area (Å²) in [5.41, 5.74) is 0. The molecular formula is C11H20N2O. The highest BCUT2D eigenvalue weighted by atomic mass is 16.2. The van der Waals surface area contributed by atoms with E-state index in [-0.39, 0.29) is 5.91 Å². The van der Waals surface area contributed by atoms with Gasteiger partial charge in [0.05, 0.1) is 0 Å². The van der Waals surface area contributed by atoms with E-state index in [1.54, 1.807) is 0 Å². The number of hydrogen-bond donors (Lipinski definition) is 1. The van der Waals surface area contributed by atoms with Crippen LogP contribution in [-0.4, -0.2) is 37.0 Å². The first-order valence-corrected chi connectivity index (χ1v) is 5.86. The molecule has 0 aromatic carbocycles. The monoisotopic (exact) mass is 196 g/mol. The molecule has 2 fully saturated rings. The minimum Gasteiger partial charge on any atom is -0.355 e. The SMILES string of the molecule is O=C(NCCN1CCCCC1)C1CC1. The first-order chi connectivity index (χ1) is 6.86. The Labute approximate surface area is 85.8 Å². The zero-order chi connectivity index (χ0) is 9.80. The number of nitrogens with one attached hydrogen (secondary N) is 1. The molecule has 1 heterocycles. The maximum Gasteiger partial charge on any atom is 0.223 e. The normalized spacial score (nSPS) is 23.4. The van der Waals surface area contributed by atoms with E-state index in [0.717, 1.165) is 25.9 Å². The van der Waals surface area contributed by atoms with Crippen LogP contribution in [0.4, 0.5) is 0 Å². The zero-order valence-corrected chi connectivity index (χ0v) is 8.80. The number of nitrogens with zero attached hydrogens (tertiary/aromatic N) is 1. The van der Waals surface area contributed by atoms with Crippen molar-refractivity contribution in [1.29, 1.82) is 0 Å². The lowest BCUT2D eigenvalue weighted by atomic mass is 10.1. The molecule has 3 heteroatoms. The Morgan fingerprint density at radius 1 is 1.21 bits per heavy atom. The quantitative estimate of drug-likeness (QED) is 0.727. The summed E-state index contributed by atoms with van der Waals surface area (Å²) in [5, 5.41) is 3.01. The van der Waals surface area contributed by atoms with E-state index in [1.165, 1.54) is 32.4 Å². The van der Waals surface area contributed by atoms with E-state index in [2.05, 4.69) is 10.2 Å². The zero-order valence-electron chi connectivity index (χ0n) is 8.80. The van der Waals surface area contributed by atoms with Gasteiger partial charge in [0, 0.05) is 19.0 Å². The molecule has 0 aromatic heterocycles. The molecule has 2 rings (SSSR count). The average molecular weight is 196 g/mol. The van der Waals surface area contributed by atoms with Crippen molar-refractivity contribution in [3.05, 3.63) is 0 Å². The third-order valence-corrected chi connectivity index (χ3v) is 3.12. The van der Waals surface area contributed by atoms with Gasteiger partial charge in [0.1, 0.15) is 0 Å². The Balaban J connectivity index is 1.54. The molecular weight excluding hydrogens is 176 g/mol. The molecule has 1 saturated heterocycles. The topological polar surface area (TPSA) is 32.3 Å². The van der Waals surface area contributed by atoms with E-state index < -0.39 is 0 Å². The van der Waals surface area contributed by atoms with Gasteiger partial charge < -0.3 is 10.2 Å². The van der Waals surface area contributed by atoms with Crippen molar-refractivity contribution in [2.75, 3.05) is 26.2 Å². The second-order valence-electron chi connectivity index (χ2n) is 4.47. The van der Waals surface area contributed by atoms with Crippen molar-refractivity contribution in [3.8, 4) is 0 Å². The van der Waals surface area contributed by atoms with Crippen LogP contribution in [0.25, 0.3) is 0 Å². The summed E-state index contributed by atoms with van der Waals surface area (Å²) < 4.78 is 0. The lowest BCUT2D eigenvalue weighted by molar-refractivity contribution is -0.122. The van der Waals surface area contributed by atoms with E-state index in [1.807, 2.05) is 0 Å². The summed E-state index contributed by atoms with van der Waals surface area (Å²) in [7, 11) is 0. The fourth-order valence-electron chi connectivity index (χ4n) is 2.01. The van der Waals surface area contributed by atoms with Crippen LogP contribution >= 0.6 is 0 Å². The van der Waals surface area contributed by atoms with E-state index >= 15 is 0 Å². The fraction of sp³-hybridized carbons (Fsp3) is 0.909. The van der Waals surface area contributed by atoms with Crippen LogP contribution in [0.5, 0.6) is 0 Å². The van der Waals surface area contributed by atoms with Crippen molar-refractivity contribution < 1.29 is 4.79 Å². The Morgan fingerprint density at radius 2 is 1.93 bits per heavy atom. The molecule has 0 unspecified atom stereocenters. The van der Waals surface area contributed by atoms with Gasteiger partial charge in [-0.1, -0.05) is 6.42 Å². The molecule has 0 aromatic rings. The molecule has 0 bridgehead atoms. The molecule has 3 nitrogen and oxygen atoms in total. The lowest BCUT2D eigenvalue weighted by Gasteiger charge is -2.26. The molecule has 1 saturated carbocycles. The van der Waals surface area contributed by atoms with Gasteiger partial charge in [-0.05, 0) is 38.8 Å². The van der Waals surface area contributed by atoms with Crippen LogP contribution in [0.2, 0.25) is 0 Å². The second-order valence-corrected chi connectivity index (χ2v) is 4.47. The third kappa shape index (κ3) is 2.98. The molecule has 0 spiro atoms. The Kier molecular flexibility index (Phi) is 3.40. The molecule has 80 valence electrons. The first kappa shape index (κ1) is 9.97. The predicted molar refractivity (Wildman–Crippen MR) is 56.0 cm³/mol. The van der Waals surface area contributed by atoms with Gasteiger partial charge in [-0.3, -0.25) is 4.79 Å². The number of amides is 1.